The summed E-state index contributed by atoms with van der Waals surface area (Å²) in [5, 5.41) is 4.25. The lowest BCUT2D eigenvalue weighted by atomic mass is 10.2. The Balaban J connectivity index is 2.47. The molecule has 0 aliphatic carbocycles. The van der Waals surface area contributed by atoms with Crippen LogP contribution in [0, 0.1) is 17.8 Å². The van der Waals surface area contributed by atoms with E-state index < -0.39 is 0 Å². The van der Waals surface area contributed by atoms with Crippen molar-refractivity contribution in [3.63, 3.8) is 0 Å². The number of hydrogen-bond donors (Lipinski definition) is 0. The van der Waals surface area contributed by atoms with E-state index in [2.05, 4.69) is 16.9 Å². The Labute approximate surface area is 106 Å². The van der Waals surface area contributed by atoms with Crippen LogP contribution in [0.1, 0.15) is 19.5 Å². The Morgan fingerprint density at radius 1 is 1.11 bits per heavy atom. The Morgan fingerprint density at radius 3 is 2.50 bits per heavy atom. The standard InChI is InChI=1S/C15H14N2O/c1-12(2)8-9-13-10-11-15(18)17(16-13)14-6-4-3-5-7-14/h3-7,10-12H,1-2H3. The van der Waals surface area contributed by atoms with Crippen LogP contribution < -0.4 is 5.56 Å². The first-order valence-electron chi connectivity index (χ1n) is 5.84. The van der Waals surface area contributed by atoms with E-state index >= 15 is 0 Å². The molecule has 0 spiro atoms. The van der Waals surface area contributed by atoms with E-state index in [9.17, 15) is 4.79 Å². The third-order valence-corrected chi connectivity index (χ3v) is 2.29. The minimum Gasteiger partial charge on any atom is -0.267 e. The Morgan fingerprint density at radius 2 is 1.83 bits per heavy atom. The number of benzene rings is 1. The highest BCUT2D eigenvalue weighted by molar-refractivity contribution is 5.32. The van der Waals surface area contributed by atoms with Crippen molar-refractivity contribution in [1.29, 1.82) is 0 Å². The lowest BCUT2D eigenvalue weighted by molar-refractivity contribution is 0.798. The topological polar surface area (TPSA) is 34.9 Å². The van der Waals surface area contributed by atoms with E-state index in [1.165, 1.54) is 10.7 Å². The molecule has 0 fully saturated rings. The molecule has 0 amide bonds. The smallest absolute Gasteiger partial charge is 0.267 e. The summed E-state index contributed by atoms with van der Waals surface area (Å²) in [5.74, 6) is 6.27. The van der Waals surface area contributed by atoms with Crippen LogP contribution >= 0.6 is 0 Å². The Bertz CT molecular complexity index is 645. The quantitative estimate of drug-likeness (QED) is 0.714. The van der Waals surface area contributed by atoms with Crippen molar-refractivity contribution in [1.82, 2.24) is 9.78 Å². The van der Waals surface area contributed by atoms with Gasteiger partial charge in [0.2, 0.25) is 0 Å². The van der Waals surface area contributed by atoms with Gasteiger partial charge in [0.05, 0.1) is 5.69 Å². The second kappa shape index (κ2) is 5.33. The summed E-state index contributed by atoms with van der Waals surface area (Å²) in [6.07, 6.45) is 0. The molecule has 3 heteroatoms. The molecule has 0 atom stereocenters. The molecule has 3 nitrogen and oxygen atoms in total. The lowest BCUT2D eigenvalue weighted by Gasteiger charge is -2.03. The van der Waals surface area contributed by atoms with E-state index in [-0.39, 0.29) is 11.5 Å². The number of para-hydroxylation sites is 1. The molecule has 0 saturated carbocycles. The molecule has 2 rings (SSSR count). The molecule has 0 radical (unpaired) electrons. The van der Waals surface area contributed by atoms with Gasteiger partial charge in [-0.2, -0.15) is 9.78 Å². The van der Waals surface area contributed by atoms with Crippen LogP contribution in [0.3, 0.4) is 0 Å². The van der Waals surface area contributed by atoms with E-state index in [4.69, 9.17) is 0 Å². The first-order valence-corrected chi connectivity index (χ1v) is 5.84. The third kappa shape index (κ3) is 2.86. The predicted molar refractivity (Wildman–Crippen MR) is 71.6 cm³/mol. The maximum absolute atomic E-state index is 11.8. The van der Waals surface area contributed by atoms with Crippen LogP contribution in [0.2, 0.25) is 0 Å². The summed E-state index contributed by atoms with van der Waals surface area (Å²) in [6.45, 7) is 4.03. The molecule has 0 aliphatic rings. The number of aromatic nitrogens is 2. The molecular formula is C15H14N2O. The zero-order valence-electron chi connectivity index (χ0n) is 10.4. The fourth-order valence-corrected chi connectivity index (χ4v) is 1.45. The zero-order chi connectivity index (χ0) is 13.0. The SMILES string of the molecule is CC(C)C#Cc1ccc(=O)n(-c2ccccc2)n1. The maximum atomic E-state index is 11.8. The highest BCUT2D eigenvalue weighted by Crippen LogP contribution is 2.02. The van der Waals surface area contributed by atoms with Gasteiger partial charge in [0.25, 0.3) is 5.56 Å². The van der Waals surface area contributed by atoms with Crippen molar-refractivity contribution >= 4 is 0 Å². The molecular weight excluding hydrogens is 224 g/mol. The van der Waals surface area contributed by atoms with Crippen LogP contribution in [0.5, 0.6) is 0 Å². The fraction of sp³-hybridized carbons (Fsp3) is 0.200. The molecule has 1 aromatic heterocycles. The normalized spacial score (nSPS) is 9.94. The van der Waals surface area contributed by atoms with Gasteiger partial charge < -0.3 is 0 Å². The summed E-state index contributed by atoms with van der Waals surface area (Å²) < 4.78 is 1.37. The monoisotopic (exact) mass is 238 g/mol. The summed E-state index contributed by atoms with van der Waals surface area (Å²) in [5.41, 5.74) is 1.19. The fourth-order valence-electron chi connectivity index (χ4n) is 1.45. The van der Waals surface area contributed by atoms with Crippen molar-refractivity contribution in [2.75, 3.05) is 0 Å². The van der Waals surface area contributed by atoms with Gasteiger partial charge in [-0.3, -0.25) is 4.79 Å². The second-order valence-electron chi connectivity index (χ2n) is 4.23. The van der Waals surface area contributed by atoms with Gasteiger partial charge in [0.1, 0.15) is 5.69 Å². The van der Waals surface area contributed by atoms with Gasteiger partial charge in [-0.15, -0.1) is 0 Å². The minimum absolute atomic E-state index is 0.156. The number of hydrogen-bond acceptors (Lipinski definition) is 2. The van der Waals surface area contributed by atoms with Crippen molar-refractivity contribution < 1.29 is 0 Å². The van der Waals surface area contributed by atoms with E-state index in [1.807, 2.05) is 44.2 Å². The average molecular weight is 238 g/mol. The molecule has 18 heavy (non-hydrogen) atoms. The Hall–Kier alpha value is -2.34. The van der Waals surface area contributed by atoms with Gasteiger partial charge in [0, 0.05) is 12.0 Å². The van der Waals surface area contributed by atoms with Crippen molar-refractivity contribution in [3.8, 4) is 17.5 Å². The molecule has 90 valence electrons. The van der Waals surface area contributed by atoms with Crippen LogP contribution in [0.25, 0.3) is 5.69 Å². The van der Waals surface area contributed by atoms with Gasteiger partial charge in [-0.1, -0.05) is 38.0 Å². The first kappa shape index (κ1) is 12.1. The van der Waals surface area contributed by atoms with Gasteiger partial charge in [-0.05, 0) is 24.1 Å². The molecule has 0 N–H and O–H groups in total. The van der Waals surface area contributed by atoms with Crippen LogP contribution in [0.15, 0.2) is 47.3 Å². The first-order chi connectivity index (χ1) is 8.66. The number of nitrogens with zero attached hydrogens (tertiary/aromatic N) is 2. The van der Waals surface area contributed by atoms with E-state index in [0.717, 1.165) is 5.69 Å². The van der Waals surface area contributed by atoms with Crippen LogP contribution in [-0.4, -0.2) is 9.78 Å². The highest BCUT2D eigenvalue weighted by atomic mass is 16.1. The molecule has 0 aliphatic heterocycles. The van der Waals surface area contributed by atoms with Gasteiger partial charge in [0.15, 0.2) is 0 Å². The second-order valence-corrected chi connectivity index (χ2v) is 4.23. The van der Waals surface area contributed by atoms with Crippen molar-refractivity contribution in [3.05, 3.63) is 58.5 Å². The van der Waals surface area contributed by atoms with Crippen LogP contribution in [0.4, 0.5) is 0 Å². The van der Waals surface area contributed by atoms with Crippen molar-refractivity contribution in [2.24, 2.45) is 5.92 Å². The highest BCUT2D eigenvalue weighted by Gasteiger charge is 2.00. The molecule has 0 bridgehead atoms. The van der Waals surface area contributed by atoms with Gasteiger partial charge in [-0.25, -0.2) is 0 Å². The lowest BCUT2D eigenvalue weighted by Crippen LogP contribution is -2.20. The summed E-state index contributed by atoms with van der Waals surface area (Å²) in [4.78, 5) is 11.8. The van der Waals surface area contributed by atoms with Crippen molar-refractivity contribution in [2.45, 2.75) is 13.8 Å². The van der Waals surface area contributed by atoms with E-state index in [0.29, 0.717) is 5.69 Å². The molecule has 1 heterocycles. The maximum Gasteiger partial charge on any atom is 0.271 e. The summed E-state index contributed by atoms with van der Waals surface area (Å²) >= 11 is 0. The Kier molecular flexibility index (Phi) is 3.59. The molecule has 2 aromatic rings. The molecule has 0 unspecified atom stereocenters. The molecule has 0 saturated heterocycles. The number of rotatable bonds is 1. The summed E-state index contributed by atoms with van der Waals surface area (Å²) in [6, 6.07) is 12.5. The molecule has 1 aromatic carbocycles. The summed E-state index contributed by atoms with van der Waals surface area (Å²) in [7, 11) is 0. The minimum atomic E-state index is -0.156. The van der Waals surface area contributed by atoms with Crippen LogP contribution in [-0.2, 0) is 0 Å². The zero-order valence-corrected chi connectivity index (χ0v) is 10.4. The predicted octanol–water partition coefficient (Wildman–Crippen LogP) is 2.24. The van der Waals surface area contributed by atoms with E-state index in [1.54, 1.807) is 6.07 Å². The average Bonchev–Trinajstić information content (AvgIpc) is 2.38. The van der Waals surface area contributed by atoms with Gasteiger partial charge >= 0.3 is 0 Å². The third-order valence-electron chi connectivity index (χ3n) is 2.29. The largest absolute Gasteiger partial charge is 0.271 e.